The summed E-state index contributed by atoms with van der Waals surface area (Å²) in [6.45, 7) is 7.39. The van der Waals surface area contributed by atoms with Gasteiger partial charge in [0.25, 0.3) is 11.2 Å². The monoisotopic (exact) mass is 651 g/mol. The Morgan fingerprint density at radius 1 is 1.24 bits per heavy atom. The Morgan fingerprint density at radius 3 is 2.71 bits per heavy atom. The van der Waals surface area contributed by atoms with Gasteiger partial charge in [0.05, 0.1) is 39.0 Å². The molecule has 5 rings (SSSR count). The van der Waals surface area contributed by atoms with Crippen molar-refractivity contribution in [3.05, 3.63) is 111 Å². The topological polar surface area (TPSA) is 126 Å². The number of esters is 1. The molecule has 1 atom stereocenters. The molecule has 0 fully saturated rings. The highest BCUT2D eigenvalue weighted by atomic mass is 79.9. The molecule has 216 valence electrons. The molecule has 3 heterocycles. The van der Waals surface area contributed by atoms with Gasteiger partial charge in [-0.25, -0.2) is 9.79 Å². The van der Waals surface area contributed by atoms with Gasteiger partial charge in [-0.05, 0) is 58.0 Å². The van der Waals surface area contributed by atoms with Crippen molar-refractivity contribution < 1.29 is 23.6 Å². The quantitative estimate of drug-likeness (QED) is 0.140. The van der Waals surface area contributed by atoms with Gasteiger partial charge >= 0.3 is 5.97 Å². The lowest BCUT2D eigenvalue weighted by Crippen LogP contribution is -2.40. The van der Waals surface area contributed by atoms with Crippen molar-refractivity contribution in [1.82, 2.24) is 4.57 Å². The Kier molecular flexibility index (Phi) is 8.28. The lowest BCUT2D eigenvalue weighted by molar-refractivity contribution is -0.384. The lowest BCUT2D eigenvalue weighted by Gasteiger charge is -2.26. The fraction of sp³-hybridized carbons (Fsp3) is 0.233. The third kappa shape index (κ3) is 5.59. The number of ether oxygens (including phenoxy) is 2. The van der Waals surface area contributed by atoms with E-state index in [0.29, 0.717) is 42.1 Å². The first-order chi connectivity index (χ1) is 20.1. The number of hydrogen-bond acceptors (Lipinski definition) is 9. The van der Waals surface area contributed by atoms with Gasteiger partial charge in [-0.15, -0.1) is 0 Å². The standard InChI is InChI=1S/C30H26BrN3O7S/c1-5-39-29(36)26-17(4)32-30-33(27(26)21-8-6-7-9-23(21)40-16(2)3)28(35)25(42-30)15-19-11-13-24(41-19)20-12-10-18(31)14-22(20)34(37)38/h6-16,27H,5H2,1-4H3/b25-15-/t27-/m0/s1. The molecular formula is C30H26BrN3O7S. The first-order valence-electron chi connectivity index (χ1n) is 13.1. The number of rotatable bonds is 8. The number of halogens is 1. The fourth-order valence-electron chi connectivity index (χ4n) is 4.72. The highest BCUT2D eigenvalue weighted by Crippen LogP contribution is 2.36. The molecule has 0 spiro atoms. The number of fused-ring (bicyclic) bond motifs is 1. The van der Waals surface area contributed by atoms with Crippen LogP contribution in [-0.2, 0) is 9.53 Å². The van der Waals surface area contributed by atoms with Crippen LogP contribution in [0.5, 0.6) is 5.75 Å². The number of furan rings is 1. The Hall–Kier alpha value is -4.29. The van der Waals surface area contributed by atoms with Crippen LogP contribution in [0, 0.1) is 10.1 Å². The minimum absolute atomic E-state index is 0.117. The predicted molar refractivity (Wildman–Crippen MR) is 161 cm³/mol. The summed E-state index contributed by atoms with van der Waals surface area (Å²) in [4.78, 5) is 43.3. The molecule has 1 aliphatic heterocycles. The molecule has 4 aromatic rings. The first kappa shape index (κ1) is 29.2. The van der Waals surface area contributed by atoms with Crippen LogP contribution in [-0.4, -0.2) is 28.2 Å². The minimum atomic E-state index is -0.838. The summed E-state index contributed by atoms with van der Waals surface area (Å²) in [5, 5.41) is 11.6. The zero-order valence-electron chi connectivity index (χ0n) is 23.1. The summed E-state index contributed by atoms with van der Waals surface area (Å²) >= 11 is 4.41. The fourth-order valence-corrected chi connectivity index (χ4v) is 6.10. The SMILES string of the molecule is CCOC(=O)C1=C(C)N=c2s/c(=C\c3ccc(-c4ccc(Br)cc4[N+](=O)[O-])o3)c(=O)n2[C@H]1c1ccccc1OC(C)C. The van der Waals surface area contributed by atoms with E-state index >= 15 is 0 Å². The van der Waals surface area contributed by atoms with Crippen LogP contribution in [0.3, 0.4) is 0 Å². The van der Waals surface area contributed by atoms with Gasteiger partial charge < -0.3 is 13.9 Å². The maximum atomic E-state index is 14.0. The smallest absolute Gasteiger partial charge is 0.338 e. The second-order valence-corrected chi connectivity index (χ2v) is 11.6. The van der Waals surface area contributed by atoms with E-state index < -0.39 is 16.9 Å². The van der Waals surface area contributed by atoms with Crippen molar-refractivity contribution in [2.24, 2.45) is 4.99 Å². The largest absolute Gasteiger partial charge is 0.491 e. The van der Waals surface area contributed by atoms with E-state index in [1.54, 1.807) is 50.3 Å². The van der Waals surface area contributed by atoms with Crippen LogP contribution in [0.25, 0.3) is 17.4 Å². The molecular weight excluding hydrogens is 626 g/mol. The van der Waals surface area contributed by atoms with E-state index in [1.807, 2.05) is 32.0 Å². The van der Waals surface area contributed by atoms with E-state index in [0.717, 1.165) is 11.3 Å². The van der Waals surface area contributed by atoms with E-state index in [4.69, 9.17) is 13.9 Å². The van der Waals surface area contributed by atoms with Crippen LogP contribution in [0.4, 0.5) is 5.69 Å². The first-order valence-corrected chi connectivity index (χ1v) is 14.7. The minimum Gasteiger partial charge on any atom is -0.491 e. The summed E-state index contributed by atoms with van der Waals surface area (Å²) in [5.74, 6) is 0.583. The van der Waals surface area contributed by atoms with Crippen molar-refractivity contribution in [3.63, 3.8) is 0 Å². The number of aromatic nitrogens is 1. The molecule has 0 radical (unpaired) electrons. The number of nitrogens with zero attached hydrogens (tertiary/aromatic N) is 3. The number of benzene rings is 2. The van der Waals surface area contributed by atoms with Gasteiger partial charge in [0.1, 0.15) is 23.3 Å². The number of nitro groups is 1. The number of hydrogen-bond donors (Lipinski definition) is 0. The summed E-state index contributed by atoms with van der Waals surface area (Å²) in [5.41, 5.74) is 1.12. The molecule has 2 aromatic heterocycles. The maximum Gasteiger partial charge on any atom is 0.338 e. The average molecular weight is 653 g/mol. The molecule has 0 bridgehead atoms. The summed E-state index contributed by atoms with van der Waals surface area (Å²) in [6.07, 6.45) is 1.42. The average Bonchev–Trinajstić information content (AvgIpc) is 3.52. The summed E-state index contributed by atoms with van der Waals surface area (Å²) < 4.78 is 19.7. The highest BCUT2D eigenvalue weighted by molar-refractivity contribution is 9.10. The highest BCUT2D eigenvalue weighted by Gasteiger charge is 2.35. The molecule has 42 heavy (non-hydrogen) atoms. The molecule has 0 amide bonds. The second-order valence-electron chi connectivity index (χ2n) is 9.63. The van der Waals surface area contributed by atoms with Gasteiger partial charge in [-0.1, -0.05) is 45.5 Å². The van der Waals surface area contributed by atoms with Crippen LogP contribution in [0.15, 0.2) is 84.5 Å². The van der Waals surface area contributed by atoms with Crippen molar-refractivity contribution in [2.75, 3.05) is 6.61 Å². The maximum absolute atomic E-state index is 14.0. The second kappa shape index (κ2) is 11.9. The Balaban J connectivity index is 1.66. The van der Waals surface area contributed by atoms with Crippen LogP contribution in [0.2, 0.25) is 0 Å². The molecule has 2 aromatic carbocycles. The molecule has 0 aliphatic carbocycles. The molecule has 12 heteroatoms. The van der Waals surface area contributed by atoms with Gasteiger partial charge in [0.15, 0.2) is 4.80 Å². The normalized spacial score (nSPS) is 15.0. The number of carbonyl (C=O) groups is 1. The Morgan fingerprint density at radius 2 is 2.00 bits per heavy atom. The van der Waals surface area contributed by atoms with Crippen LogP contribution < -0.4 is 19.6 Å². The zero-order chi connectivity index (χ0) is 30.1. The van der Waals surface area contributed by atoms with Crippen molar-refractivity contribution in [1.29, 1.82) is 0 Å². The van der Waals surface area contributed by atoms with Gasteiger partial charge in [-0.2, -0.15) is 0 Å². The zero-order valence-corrected chi connectivity index (χ0v) is 25.5. The summed E-state index contributed by atoms with van der Waals surface area (Å²) in [7, 11) is 0. The Labute approximate surface area is 252 Å². The lowest BCUT2D eigenvalue weighted by atomic mass is 9.95. The predicted octanol–water partition coefficient (Wildman–Crippen LogP) is 5.52. The van der Waals surface area contributed by atoms with E-state index in [9.17, 15) is 19.7 Å². The third-order valence-electron chi connectivity index (χ3n) is 6.42. The molecule has 0 N–H and O–H groups in total. The van der Waals surface area contributed by atoms with Crippen LogP contribution >= 0.6 is 27.3 Å². The number of thiazole rings is 1. The number of nitro benzene ring substituents is 1. The van der Waals surface area contributed by atoms with Crippen molar-refractivity contribution in [2.45, 2.75) is 39.8 Å². The molecule has 10 nitrogen and oxygen atoms in total. The number of para-hydroxylation sites is 1. The van der Waals surface area contributed by atoms with E-state index in [1.165, 1.54) is 10.6 Å². The van der Waals surface area contributed by atoms with Gasteiger partial charge in [0.2, 0.25) is 0 Å². The van der Waals surface area contributed by atoms with Gasteiger partial charge in [0, 0.05) is 22.2 Å². The molecule has 0 saturated carbocycles. The van der Waals surface area contributed by atoms with Crippen LogP contribution in [0.1, 0.15) is 45.1 Å². The number of allylic oxidation sites excluding steroid dienone is 1. The van der Waals surface area contributed by atoms with E-state index in [-0.39, 0.29) is 35.3 Å². The van der Waals surface area contributed by atoms with Crippen molar-refractivity contribution in [3.8, 4) is 17.1 Å². The Bertz CT molecular complexity index is 1920. The van der Waals surface area contributed by atoms with Crippen molar-refractivity contribution >= 4 is 45.0 Å². The molecule has 0 saturated heterocycles. The van der Waals surface area contributed by atoms with Gasteiger partial charge in [-0.3, -0.25) is 19.5 Å². The molecule has 1 aliphatic rings. The third-order valence-corrected chi connectivity index (χ3v) is 7.89. The van der Waals surface area contributed by atoms with E-state index in [2.05, 4.69) is 20.9 Å². The summed E-state index contributed by atoms with van der Waals surface area (Å²) in [6, 6.07) is 14.4. The molecule has 0 unspecified atom stereocenters. The number of carbonyl (C=O) groups excluding carboxylic acids is 1.